The van der Waals surface area contributed by atoms with Gasteiger partial charge in [-0.25, -0.2) is 0 Å². The van der Waals surface area contributed by atoms with Crippen molar-refractivity contribution >= 4 is 23.2 Å². The van der Waals surface area contributed by atoms with Crippen LogP contribution in [0.3, 0.4) is 0 Å². The van der Waals surface area contributed by atoms with Gasteiger partial charge < -0.3 is 14.8 Å². The summed E-state index contributed by atoms with van der Waals surface area (Å²) in [4.78, 5) is 14.8. The first-order valence-electron chi connectivity index (χ1n) is 9.80. The number of carbonyl (C=O) groups excluding carboxylic acids is 1. The smallest absolute Gasteiger partial charge is 0.238 e. The number of aryl methyl sites for hydroxylation is 1. The quantitative estimate of drug-likeness (QED) is 0.815. The van der Waals surface area contributed by atoms with Crippen molar-refractivity contribution in [3.63, 3.8) is 0 Å². The highest BCUT2D eigenvalue weighted by Crippen LogP contribution is 2.37. The Morgan fingerprint density at radius 1 is 1.14 bits per heavy atom. The molecule has 2 heterocycles. The number of benzene rings is 2. The molecular formula is C22H25ClN2O3. The molecule has 4 rings (SSSR count). The molecule has 28 heavy (non-hydrogen) atoms. The van der Waals surface area contributed by atoms with Gasteiger partial charge in [-0.05, 0) is 61.7 Å². The van der Waals surface area contributed by atoms with E-state index in [0.29, 0.717) is 30.5 Å². The van der Waals surface area contributed by atoms with Crippen LogP contribution in [-0.4, -0.2) is 37.1 Å². The van der Waals surface area contributed by atoms with Crippen molar-refractivity contribution in [2.24, 2.45) is 0 Å². The molecule has 0 bridgehead atoms. The van der Waals surface area contributed by atoms with Gasteiger partial charge in [0.05, 0.1) is 30.5 Å². The lowest BCUT2D eigenvalue weighted by Gasteiger charge is -2.25. The Balaban J connectivity index is 1.45. The number of rotatable bonds is 4. The topological polar surface area (TPSA) is 50.8 Å². The van der Waals surface area contributed by atoms with E-state index in [2.05, 4.69) is 22.3 Å². The van der Waals surface area contributed by atoms with Crippen LogP contribution < -0.4 is 14.8 Å². The molecule has 0 aliphatic carbocycles. The molecule has 1 N–H and O–H groups in total. The van der Waals surface area contributed by atoms with Crippen molar-refractivity contribution in [2.45, 2.75) is 32.2 Å². The van der Waals surface area contributed by atoms with Crippen LogP contribution in [-0.2, 0) is 4.79 Å². The van der Waals surface area contributed by atoms with Gasteiger partial charge in [0.15, 0.2) is 11.5 Å². The maximum absolute atomic E-state index is 12.6. The monoisotopic (exact) mass is 400 g/mol. The molecule has 2 aromatic rings. The van der Waals surface area contributed by atoms with E-state index in [9.17, 15) is 4.79 Å². The summed E-state index contributed by atoms with van der Waals surface area (Å²) in [6.45, 7) is 4.56. The number of carbonyl (C=O) groups is 1. The Kier molecular flexibility index (Phi) is 5.74. The second-order valence-electron chi connectivity index (χ2n) is 7.42. The van der Waals surface area contributed by atoms with E-state index in [1.165, 1.54) is 5.56 Å². The third-order valence-electron chi connectivity index (χ3n) is 5.27. The van der Waals surface area contributed by atoms with E-state index < -0.39 is 0 Å². The second kappa shape index (κ2) is 8.41. The maximum atomic E-state index is 12.6. The van der Waals surface area contributed by atoms with Crippen LogP contribution in [0.25, 0.3) is 0 Å². The van der Waals surface area contributed by atoms with Gasteiger partial charge in [0.25, 0.3) is 0 Å². The first-order valence-corrected chi connectivity index (χ1v) is 10.2. The fourth-order valence-corrected chi connectivity index (χ4v) is 4.16. The second-order valence-corrected chi connectivity index (χ2v) is 7.82. The zero-order valence-corrected chi connectivity index (χ0v) is 16.8. The van der Waals surface area contributed by atoms with Crippen LogP contribution in [0.2, 0.25) is 5.02 Å². The third-order valence-corrected chi connectivity index (χ3v) is 5.58. The molecule has 0 unspecified atom stereocenters. The summed E-state index contributed by atoms with van der Waals surface area (Å²) in [5, 5.41) is 3.50. The van der Waals surface area contributed by atoms with Gasteiger partial charge >= 0.3 is 0 Å². The van der Waals surface area contributed by atoms with Crippen LogP contribution in [0.5, 0.6) is 11.5 Å². The highest BCUT2D eigenvalue weighted by Gasteiger charge is 2.28. The molecule has 0 spiro atoms. The molecule has 148 valence electrons. The average molecular weight is 401 g/mol. The van der Waals surface area contributed by atoms with Crippen LogP contribution in [0.1, 0.15) is 36.4 Å². The zero-order valence-electron chi connectivity index (χ0n) is 16.0. The predicted octanol–water partition coefficient (Wildman–Crippen LogP) is 4.59. The van der Waals surface area contributed by atoms with Gasteiger partial charge in [0.1, 0.15) is 0 Å². The molecule has 5 nitrogen and oxygen atoms in total. The summed E-state index contributed by atoms with van der Waals surface area (Å²) in [5.74, 6) is 1.56. The molecule has 0 saturated carbocycles. The molecular weight excluding hydrogens is 376 g/mol. The fraction of sp³-hybridized carbons (Fsp3) is 0.409. The van der Waals surface area contributed by atoms with Crippen molar-refractivity contribution in [2.75, 3.05) is 31.6 Å². The molecule has 0 radical (unpaired) electrons. The van der Waals surface area contributed by atoms with Crippen molar-refractivity contribution < 1.29 is 14.3 Å². The number of anilines is 1. The fourth-order valence-electron chi connectivity index (χ4n) is 3.88. The van der Waals surface area contributed by atoms with Gasteiger partial charge in [0.2, 0.25) is 5.91 Å². The van der Waals surface area contributed by atoms with Gasteiger partial charge in [-0.15, -0.1) is 0 Å². The Bertz CT molecular complexity index is 871. The van der Waals surface area contributed by atoms with Crippen molar-refractivity contribution in [3.05, 3.63) is 52.5 Å². The molecule has 2 aliphatic heterocycles. The number of hydrogen-bond donors (Lipinski definition) is 1. The highest BCUT2D eigenvalue weighted by molar-refractivity contribution is 6.33. The lowest BCUT2D eigenvalue weighted by molar-refractivity contribution is -0.117. The highest BCUT2D eigenvalue weighted by atomic mass is 35.5. The van der Waals surface area contributed by atoms with E-state index in [4.69, 9.17) is 21.1 Å². The summed E-state index contributed by atoms with van der Waals surface area (Å²) in [5.41, 5.74) is 2.89. The average Bonchev–Trinajstić information content (AvgIpc) is 2.99. The minimum atomic E-state index is -0.0491. The van der Waals surface area contributed by atoms with Crippen LogP contribution in [0, 0.1) is 6.92 Å². The molecule has 1 fully saturated rings. The summed E-state index contributed by atoms with van der Waals surface area (Å²) < 4.78 is 11.6. The number of likely N-dealkylation sites (tertiary alicyclic amines) is 1. The summed E-state index contributed by atoms with van der Waals surface area (Å²) >= 11 is 6.24. The number of fused-ring (bicyclic) bond motifs is 1. The Morgan fingerprint density at radius 3 is 2.79 bits per heavy atom. The van der Waals surface area contributed by atoms with Crippen LogP contribution >= 0.6 is 11.6 Å². The maximum Gasteiger partial charge on any atom is 0.238 e. The first-order chi connectivity index (χ1) is 13.6. The molecule has 2 aromatic carbocycles. The van der Waals surface area contributed by atoms with Crippen LogP contribution in [0.4, 0.5) is 5.69 Å². The number of amides is 1. The van der Waals surface area contributed by atoms with Gasteiger partial charge in [-0.2, -0.15) is 0 Å². The van der Waals surface area contributed by atoms with Gasteiger partial charge in [0, 0.05) is 12.5 Å². The minimum Gasteiger partial charge on any atom is -0.490 e. The van der Waals surface area contributed by atoms with Gasteiger partial charge in [-0.3, -0.25) is 9.69 Å². The minimum absolute atomic E-state index is 0.0491. The number of nitrogens with zero attached hydrogens (tertiary/aromatic N) is 1. The predicted molar refractivity (Wildman–Crippen MR) is 110 cm³/mol. The largest absolute Gasteiger partial charge is 0.490 e. The molecule has 6 heteroatoms. The number of nitrogens with one attached hydrogen (secondary N) is 1. The lowest BCUT2D eigenvalue weighted by atomic mass is 10.0. The molecule has 1 saturated heterocycles. The zero-order chi connectivity index (χ0) is 19.5. The molecule has 0 aromatic heterocycles. The number of hydrogen-bond acceptors (Lipinski definition) is 4. The van der Waals surface area contributed by atoms with Crippen molar-refractivity contribution in [3.8, 4) is 11.5 Å². The summed E-state index contributed by atoms with van der Waals surface area (Å²) in [6.07, 6.45) is 2.98. The Hall–Kier alpha value is -2.24. The van der Waals surface area contributed by atoms with E-state index in [1.807, 2.05) is 31.2 Å². The van der Waals surface area contributed by atoms with Crippen LogP contribution in [0.15, 0.2) is 36.4 Å². The molecule has 1 amide bonds. The first kappa shape index (κ1) is 19.1. The van der Waals surface area contributed by atoms with Gasteiger partial charge in [-0.1, -0.05) is 23.7 Å². The Labute approximate surface area is 170 Å². The SMILES string of the molecule is Cc1ccc(NC(=O)CN2CCC[C@@H]2c2ccc3c(c2)OCCCO3)c(Cl)c1. The lowest BCUT2D eigenvalue weighted by Crippen LogP contribution is -2.33. The van der Waals surface area contributed by atoms with E-state index in [-0.39, 0.29) is 11.9 Å². The number of halogens is 1. The third kappa shape index (κ3) is 4.26. The standard InChI is InChI=1S/C22H25ClN2O3/c1-15-5-7-18(17(23)12-15)24-22(26)14-25-9-2-4-19(25)16-6-8-20-21(13-16)28-11-3-10-27-20/h5-8,12-13,19H,2-4,9-11,14H2,1H3,(H,24,26)/t19-/m1/s1. The van der Waals surface area contributed by atoms with E-state index >= 15 is 0 Å². The summed E-state index contributed by atoms with van der Waals surface area (Å²) in [7, 11) is 0. The Morgan fingerprint density at radius 2 is 1.96 bits per heavy atom. The summed E-state index contributed by atoms with van der Waals surface area (Å²) in [6, 6.07) is 12.0. The van der Waals surface area contributed by atoms with E-state index in [0.717, 1.165) is 42.9 Å². The normalized spacial score (nSPS) is 19.3. The van der Waals surface area contributed by atoms with Crippen molar-refractivity contribution in [1.29, 1.82) is 0 Å². The molecule has 1 atom stereocenters. The van der Waals surface area contributed by atoms with Crippen molar-refractivity contribution in [1.82, 2.24) is 4.90 Å². The number of ether oxygens (including phenoxy) is 2. The molecule has 2 aliphatic rings. The van der Waals surface area contributed by atoms with E-state index in [1.54, 1.807) is 0 Å².